The van der Waals surface area contributed by atoms with Gasteiger partial charge in [-0.2, -0.15) is 0 Å². The van der Waals surface area contributed by atoms with Crippen molar-refractivity contribution in [3.8, 4) is 0 Å². The molecule has 1 aliphatic heterocycles. The van der Waals surface area contributed by atoms with Crippen LogP contribution in [-0.4, -0.2) is 184 Å². The maximum absolute atomic E-state index is 14.2. The topological polar surface area (TPSA) is 311 Å². The van der Waals surface area contributed by atoms with Crippen LogP contribution in [0.25, 0.3) is 0 Å². The minimum absolute atomic E-state index is 0.0289. The molecular formula is C36H67O23P3S4. The van der Waals surface area contributed by atoms with Crippen LogP contribution in [0.15, 0.2) is 0 Å². The zero-order valence-corrected chi connectivity index (χ0v) is 44.4. The first-order valence-electron chi connectivity index (χ1n) is 20.6. The molecule has 1 fully saturated rings. The Labute approximate surface area is 403 Å². The van der Waals surface area contributed by atoms with Crippen molar-refractivity contribution in [1.82, 2.24) is 0 Å². The van der Waals surface area contributed by atoms with Gasteiger partial charge in [-0.1, -0.05) is 47.0 Å². The summed E-state index contributed by atoms with van der Waals surface area (Å²) >= 11 is 3.60. The van der Waals surface area contributed by atoms with Crippen LogP contribution in [0.2, 0.25) is 0 Å². The second-order valence-electron chi connectivity index (χ2n) is 14.2. The first-order valence-corrected chi connectivity index (χ1v) is 29.0. The molecule has 0 radical (unpaired) electrons. The van der Waals surface area contributed by atoms with Crippen molar-refractivity contribution < 1.29 is 108 Å². The first-order chi connectivity index (χ1) is 30.9. The summed E-state index contributed by atoms with van der Waals surface area (Å²) in [4.78, 5) is 45.7. The summed E-state index contributed by atoms with van der Waals surface area (Å²) in [5, 5.41) is 40.3. The molecule has 4 N–H and O–H groups in total. The van der Waals surface area contributed by atoms with E-state index >= 15 is 0 Å². The Morgan fingerprint density at radius 2 is 0.985 bits per heavy atom. The van der Waals surface area contributed by atoms with Gasteiger partial charge in [0, 0.05) is 50.7 Å². The smallest absolute Gasteiger partial charge is 0.394 e. The molecule has 30 heteroatoms. The number of aliphatic hydroxyl groups is 4. The Hall–Kier alpha value is 0.130. The summed E-state index contributed by atoms with van der Waals surface area (Å²) in [6.07, 6.45) is -11.3. The molecule has 0 amide bonds. The predicted molar refractivity (Wildman–Crippen MR) is 247 cm³/mol. The molecule has 388 valence electrons. The normalized spacial score (nSPS) is 22.4. The van der Waals surface area contributed by atoms with Gasteiger partial charge in [0.1, 0.15) is 30.5 Å². The van der Waals surface area contributed by atoms with E-state index in [1.807, 2.05) is 0 Å². The van der Waals surface area contributed by atoms with E-state index in [0.29, 0.717) is 0 Å². The highest BCUT2D eigenvalue weighted by Crippen LogP contribution is 2.54. The summed E-state index contributed by atoms with van der Waals surface area (Å²) < 4.78 is 108. The number of phosphoric acid groups is 3. The van der Waals surface area contributed by atoms with Gasteiger partial charge in [0.05, 0.1) is 90.0 Å². The molecular weight excluding hydrogens is 1020 g/mol. The predicted octanol–water partition coefficient (Wildman–Crippen LogP) is 4.40. The zero-order chi connectivity index (χ0) is 50.1. The Kier molecular flexibility index (Phi) is 32.8. The fraction of sp³-hybridized carbons (Fsp3) is 0.889. The van der Waals surface area contributed by atoms with Gasteiger partial charge in [0.25, 0.3) is 0 Å². The number of carbonyl (C=O) groups is 4. The van der Waals surface area contributed by atoms with Gasteiger partial charge in [0.15, 0.2) is 20.5 Å². The summed E-state index contributed by atoms with van der Waals surface area (Å²) in [7, 11) is -13.5. The highest BCUT2D eigenvalue weighted by atomic mass is 32.2. The van der Waals surface area contributed by atoms with Crippen LogP contribution in [0.4, 0.5) is 0 Å². The third-order valence-corrected chi connectivity index (χ3v) is 16.1. The third kappa shape index (κ3) is 27.7. The van der Waals surface area contributed by atoms with Crippen LogP contribution in [0, 0.1) is 0 Å². The number of ether oxygens (including phenoxy) is 3. The second-order valence-corrected chi connectivity index (χ2v) is 24.2. The molecule has 0 bridgehead atoms. The molecule has 1 saturated heterocycles. The molecule has 0 spiro atoms. The number of carbonyl (C=O) groups excluding carboxylic acids is 4. The van der Waals surface area contributed by atoms with Crippen LogP contribution in [0.3, 0.4) is 0 Å². The largest absolute Gasteiger partial charge is 0.475 e. The van der Waals surface area contributed by atoms with Crippen molar-refractivity contribution in [2.75, 3.05) is 82.5 Å². The monoisotopic (exact) mass is 1090 g/mol. The van der Waals surface area contributed by atoms with Crippen LogP contribution in [0.1, 0.15) is 62.3 Å². The molecule has 23 nitrogen and oxygen atoms in total. The molecule has 66 heavy (non-hydrogen) atoms. The van der Waals surface area contributed by atoms with E-state index in [1.54, 1.807) is 6.92 Å². The van der Waals surface area contributed by atoms with Crippen molar-refractivity contribution in [1.29, 1.82) is 0 Å². The van der Waals surface area contributed by atoms with Crippen molar-refractivity contribution >= 4 is 91.0 Å². The molecule has 1 aliphatic rings. The molecule has 0 aromatic rings. The summed E-state index contributed by atoms with van der Waals surface area (Å²) in [6, 6.07) is 0. The molecule has 0 saturated carbocycles. The highest BCUT2D eigenvalue weighted by Gasteiger charge is 2.48. The van der Waals surface area contributed by atoms with Gasteiger partial charge in [-0.15, -0.1) is 0 Å². The van der Waals surface area contributed by atoms with E-state index < -0.39 is 118 Å². The van der Waals surface area contributed by atoms with Crippen LogP contribution < -0.4 is 0 Å². The van der Waals surface area contributed by atoms with Gasteiger partial charge in [-0.3, -0.25) is 59.9 Å². The van der Waals surface area contributed by atoms with Crippen molar-refractivity contribution in [2.45, 2.75) is 123 Å². The van der Waals surface area contributed by atoms with Crippen LogP contribution >= 0.6 is 70.5 Å². The second kappa shape index (κ2) is 33.7. The molecule has 0 aliphatic carbocycles. The maximum Gasteiger partial charge on any atom is 0.475 e. The minimum Gasteiger partial charge on any atom is -0.394 e. The fourth-order valence-electron chi connectivity index (χ4n) is 4.91. The van der Waals surface area contributed by atoms with Gasteiger partial charge in [0.2, 0.25) is 0 Å². The average Bonchev–Trinajstić information content (AvgIpc) is 3.50. The standard InChI is InChI=1S/C36H67O23P3S4/c1-23(39)24(2)55-32(18-37)20-52-61(46,50-12-16-65-30(8)42)58-26(4)25(3)56-33(19-38)21-53-62(47,51-13-17-66-31(9)43)59-36-27(5)57-34(35(36)44)22-54-60(45,48-10-14-63-28(6)40)49-11-15-64-29(7)41/h23-27,32-39,44H,10-22H2,1-9H3/t23-,24-,25-,26-,27-,32-,33-,34+,35?,36+,61-,62-/m0/s1. The number of hydrogen-bond acceptors (Lipinski definition) is 27. The van der Waals surface area contributed by atoms with Crippen molar-refractivity contribution in [3.63, 3.8) is 0 Å². The quantitative estimate of drug-likeness (QED) is 0.0495. The zero-order valence-electron chi connectivity index (χ0n) is 38.5. The van der Waals surface area contributed by atoms with Crippen molar-refractivity contribution in [2.24, 2.45) is 0 Å². The lowest BCUT2D eigenvalue weighted by Gasteiger charge is -2.30. The fourth-order valence-corrected chi connectivity index (χ4v) is 11.3. The molecule has 12 atom stereocenters. The number of hydrogen-bond donors (Lipinski definition) is 4. The molecule has 0 aromatic carbocycles. The summed E-state index contributed by atoms with van der Waals surface area (Å²) in [5.41, 5.74) is 0. The lowest BCUT2D eigenvalue weighted by atomic mass is 10.1. The van der Waals surface area contributed by atoms with Crippen molar-refractivity contribution in [3.05, 3.63) is 0 Å². The van der Waals surface area contributed by atoms with E-state index in [2.05, 4.69) is 0 Å². The van der Waals surface area contributed by atoms with Crippen LogP contribution in [-0.2, 0) is 87.8 Å². The number of rotatable bonds is 37. The van der Waals surface area contributed by atoms with Gasteiger partial charge < -0.3 is 34.6 Å². The molecule has 1 rings (SSSR count). The number of phosphoric ester groups is 3. The SMILES string of the molecule is CC(=O)SCCOP(=O)(OCCSC(C)=O)OC[C@H]1O[C@@H](C)[C@@H](O[P@@](=O)(OCCSC(C)=O)OC[C@H](CO)O[C@@H](C)[C@H](C)O[P@@](=O)(OCCSC(C)=O)OC[C@H](CO)O[C@@H](C)[C@H](C)O)C1O. The Morgan fingerprint density at radius 3 is 1.39 bits per heavy atom. The van der Waals surface area contributed by atoms with Gasteiger partial charge in [-0.05, 0) is 34.6 Å². The Morgan fingerprint density at radius 1 is 0.591 bits per heavy atom. The maximum atomic E-state index is 14.2. The summed E-state index contributed by atoms with van der Waals surface area (Å²) in [6.45, 7) is 8.80. The van der Waals surface area contributed by atoms with E-state index in [4.69, 9.17) is 54.9 Å². The summed E-state index contributed by atoms with van der Waals surface area (Å²) in [5.74, 6) is 0.384. The Balaban J connectivity index is 3.13. The number of aliphatic hydroxyl groups excluding tert-OH is 4. The van der Waals surface area contributed by atoms with Crippen LogP contribution in [0.5, 0.6) is 0 Å². The lowest BCUT2D eigenvalue weighted by Crippen LogP contribution is -2.37. The first kappa shape index (κ1) is 64.1. The molecule has 1 heterocycles. The van der Waals surface area contributed by atoms with Gasteiger partial charge in [-0.25, -0.2) is 13.7 Å². The third-order valence-electron chi connectivity index (χ3n) is 8.46. The minimum atomic E-state index is -4.71. The van der Waals surface area contributed by atoms with Gasteiger partial charge >= 0.3 is 23.5 Å². The molecule has 1 unspecified atom stereocenters. The molecule has 0 aromatic heterocycles. The lowest BCUT2D eigenvalue weighted by molar-refractivity contribution is -0.110. The number of thioether (sulfide) groups is 4. The van der Waals surface area contributed by atoms with E-state index in [9.17, 15) is 53.3 Å². The van der Waals surface area contributed by atoms with E-state index in [-0.39, 0.29) is 69.9 Å². The average molecular weight is 1090 g/mol. The highest BCUT2D eigenvalue weighted by molar-refractivity contribution is 8.14. The Bertz CT molecular complexity index is 1580. The van der Waals surface area contributed by atoms with E-state index in [1.165, 1.54) is 55.4 Å². The van der Waals surface area contributed by atoms with E-state index in [0.717, 1.165) is 47.0 Å².